The zero-order chi connectivity index (χ0) is 11.8. The standard InChI is InChI=1S/C12H18N4/c1-9-4-5-10-14-11(15-16(10)8-9)12(2,3)6-7-13/h4-5,8H,6-7,13H2,1-3H3. The van der Waals surface area contributed by atoms with Crippen molar-refractivity contribution in [2.24, 2.45) is 5.73 Å². The SMILES string of the molecule is Cc1ccc2nc(C(C)(C)CCN)nn2c1. The van der Waals surface area contributed by atoms with Gasteiger partial charge < -0.3 is 5.73 Å². The molecule has 0 bridgehead atoms. The van der Waals surface area contributed by atoms with E-state index in [1.54, 1.807) is 0 Å². The molecule has 0 aliphatic rings. The van der Waals surface area contributed by atoms with Crippen LogP contribution in [0.4, 0.5) is 0 Å². The Balaban J connectivity index is 2.46. The van der Waals surface area contributed by atoms with Crippen LogP contribution in [0.25, 0.3) is 5.65 Å². The highest BCUT2D eigenvalue weighted by Crippen LogP contribution is 2.23. The molecule has 4 heteroatoms. The van der Waals surface area contributed by atoms with Crippen molar-refractivity contribution in [1.29, 1.82) is 0 Å². The summed E-state index contributed by atoms with van der Waals surface area (Å²) < 4.78 is 1.84. The van der Waals surface area contributed by atoms with Crippen LogP contribution >= 0.6 is 0 Å². The molecule has 0 radical (unpaired) electrons. The lowest BCUT2D eigenvalue weighted by Gasteiger charge is -2.19. The summed E-state index contributed by atoms with van der Waals surface area (Å²) in [5.41, 5.74) is 7.62. The monoisotopic (exact) mass is 218 g/mol. The molecule has 0 fully saturated rings. The average molecular weight is 218 g/mol. The molecule has 4 nitrogen and oxygen atoms in total. The fourth-order valence-corrected chi connectivity index (χ4v) is 1.75. The number of pyridine rings is 1. The van der Waals surface area contributed by atoms with E-state index in [1.807, 2.05) is 29.8 Å². The van der Waals surface area contributed by atoms with Gasteiger partial charge in [-0.05, 0) is 31.5 Å². The first-order valence-corrected chi connectivity index (χ1v) is 5.56. The van der Waals surface area contributed by atoms with Gasteiger partial charge in [0.1, 0.15) is 0 Å². The second-order valence-corrected chi connectivity index (χ2v) is 4.87. The van der Waals surface area contributed by atoms with Crippen LogP contribution in [0.5, 0.6) is 0 Å². The van der Waals surface area contributed by atoms with Crippen molar-refractivity contribution < 1.29 is 0 Å². The van der Waals surface area contributed by atoms with E-state index in [9.17, 15) is 0 Å². The second kappa shape index (κ2) is 3.87. The highest BCUT2D eigenvalue weighted by molar-refractivity contribution is 5.39. The van der Waals surface area contributed by atoms with Gasteiger partial charge in [0.05, 0.1) is 0 Å². The van der Waals surface area contributed by atoms with Gasteiger partial charge in [-0.25, -0.2) is 9.50 Å². The first-order valence-electron chi connectivity index (χ1n) is 5.56. The molecule has 86 valence electrons. The summed E-state index contributed by atoms with van der Waals surface area (Å²) in [6, 6.07) is 4.04. The Kier molecular flexibility index (Phi) is 2.68. The van der Waals surface area contributed by atoms with E-state index in [1.165, 1.54) is 5.56 Å². The molecule has 2 heterocycles. The van der Waals surface area contributed by atoms with Gasteiger partial charge in [0.2, 0.25) is 0 Å². The molecule has 0 saturated carbocycles. The molecule has 0 aromatic carbocycles. The van der Waals surface area contributed by atoms with E-state index in [-0.39, 0.29) is 5.41 Å². The maximum Gasteiger partial charge on any atom is 0.157 e. The number of fused-ring (bicyclic) bond motifs is 1. The fraction of sp³-hybridized carbons (Fsp3) is 0.500. The lowest BCUT2D eigenvalue weighted by molar-refractivity contribution is 0.457. The fourth-order valence-electron chi connectivity index (χ4n) is 1.75. The van der Waals surface area contributed by atoms with Crippen LogP contribution in [0.1, 0.15) is 31.7 Å². The van der Waals surface area contributed by atoms with Crippen LogP contribution in [0.3, 0.4) is 0 Å². The largest absolute Gasteiger partial charge is 0.330 e. The Morgan fingerprint density at radius 2 is 2.12 bits per heavy atom. The zero-order valence-electron chi connectivity index (χ0n) is 10.1. The van der Waals surface area contributed by atoms with Gasteiger partial charge in [0.15, 0.2) is 11.5 Å². The molecule has 2 aromatic heterocycles. The van der Waals surface area contributed by atoms with Gasteiger partial charge in [0.25, 0.3) is 0 Å². The third-order valence-electron chi connectivity index (χ3n) is 2.85. The number of aryl methyl sites for hydroxylation is 1. The second-order valence-electron chi connectivity index (χ2n) is 4.87. The van der Waals surface area contributed by atoms with Crippen molar-refractivity contribution >= 4 is 5.65 Å². The Bertz CT molecular complexity index is 499. The molecular weight excluding hydrogens is 200 g/mol. The van der Waals surface area contributed by atoms with Crippen LogP contribution in [-0.4, -0.2) is 21.1 Å². The number of aromatic nitrogens is 3. The molecule has 0 amide bonds. The molecule has 2 aromatic rings. The molecule has 0 saturated heterocycles. The normalized spacial score (nSPS) is 12.2. The number of hydrogen-bond acceptors (Lipinski definition) is 3. The molecule has 0 aliphatic carbocycles. The van der Waals surface area contributed by atoms with Crippen LogP contribution in [-0.2, 0) is 5.41 Å². The minimum absolute atomic E-state index is 0.0608. The van der Waals surface area contributed by atoms with Gasteiger partial charge in [-0.1, -0.05) is 19.9 Å². The maximum atomic E-state index is 5.61. The van der Waals surface area contributed by atoms with Crippen LogP contribution < -0.4 is 5.73 Å². The molecule has 2 rings (SSSR count). The van der Waals surface area contributed by atoms with E-state index in [0.29, 0.717) is 6.54 Å². The molecule has 0 unspecified atom stereocenters. The van der Waals surface area contributed by atoms with E-state index < -0.39 is 0 Å². The van der Waals surface area contributed by atoms with E-state index in [2.05, 4.69) is 23.9 Å². The summed E-state index contributed by atoms with van der Waals surface area (Å²) in [7, 11) is 0. The van der Waals surface area contributed by atoms with Crippen molar-refractivity contribution in [3.8, 4) is 0 Å². The summed E-state index contributed by atoms with van der Waals surface area (Å²) in [5, 5.41) is 4.51. The van der Waals surface area contributed by atoms with Crippen LogP contribution in [0.2, 0.25) is 0 Å². The summed E-state index contributed by atoms with van der Waals surface area (Å²) in [6.07, 6.45) is 2.88. The predicted molar refractivity (Wildman–Crippen MR) is 64.4 cm³/mol. The quantitative estimate of drug-likeness (QED) is 0.852. The number of rotatable bonds is 3. The van der Waals surface area contributed by atoms with Gasteiger partial charge in [-0.2, -0.15) is 5.10 Å². The average Bonchev–Trinajstić information content (AvgIpc) is 2.61. The molecule has 2 N–H and O–H groups in total. The van der Waals surface area contributed by atoms with Gasteiger partial charge in [-0.3, -0.25) is 0 Å². The highest BCUT2D eigenvalue weighted by atomic mass is 15.3. The van der Waals surface area contributed by atoms with Crippen molar-refractivity contribution in [3.05, 3.63) is 29.7 Å². The minimum Gasteiger partial charge on any atom is -0.330 e. The molecule has 0 aliphatic heterocycles. The van der Waals surface area contributed by atoms with E-state index >= 15 is 0 Å². The first kappa shape index (κ1) is 11.1. The molecular formula is C12H18N4. The van der Waals surface area contributed by atoms with Crippen LogP contribution in [0, 0.1) is 6.92 Å². The minimum atomic E-state index is -0.0608. The van der Waals surface area contributed by atoms with E-state index in [4.69, 9.17) is 5.73 Å². The number of nitrogens with two attached hydrogens (primary N) is 1. The van der Waals surface area contributed by atoms with Crippen molar-refractivity contribution in [2.75, 3.05) is 6.54 Å². The van der Waals surface area contributed by atoms with Crippen LogP contribution in [0.15, 0.2) is 18.3 Å². The molecule has 16 heavy (non-hydrogen) atoms. The Morgan fingerprint density at radius 1 is 1.38 bits per heavy atom. The smallest absolute Gasteiger partial charge is 0.157 e. The molecule has 0 spiro atoms. The Hall–Kier alpha value is -1.42. The van der Waals surface area contributed by atoms with Crippen molar-refractivity contribution in [1.82, 2.24) is 14.6 Å². The third-order valence-corrected chi connectivity index (χ3v) is 2.85. The maximum absolute atomic E-state index is 5.61. The van der Waals surface area contributed by atoms with E-state index in [0.717, 1.165) is 17.9 Å². The van der Waals surface area contributed by atoms with Gasteiger partial charge in [-0.15, -0.1) is 0 Å². The summed E-state index contributed by atoms with van der Waals surface area (Å²) in [6.45, 7) is 6.95. The zero-order valence-corrected chi connectivity index (χ0v) is 10.1. The highest BCUT2D eigenvalue weighted by Gasteiger charge is 2.24. The lowest BCUT2D eigenvalue weighted by Crippen LogP contribution is -2.23. The Morgan fingerprint density at radius 3 is 2.81 bits per heavy atom. The van der Waals surface area contributed by atoms with Gasteiger partial charge >= 0.3 is 0 Å². The van der Waals surface area contributed by atoms with Crippen molar-refractivity contribution in [3.63, 3.8) is 0 Å². The van der Waals surface area contributed by atoms with Crippen molar-refractivity contribution in [2.45, 2.75) is 32.6 Å². The number of hydrogen-bond donors (Lipinski definition) is 1. The summed E-state index contributed by atoms with van der Waals surface area (Å²) >= 11 is 0. The Labute approximate surface area is 95.5 Å². The lowest BCUT2D eigenvalue weighted by atomic mass is 9.89. The van der Waals surface area contributed by atoms with Gasteiger partial charge in [0, 0.05) is 11.6 Å². The summed E-state index contributed by atoms with van der Waals surface area (Å²) in [4.78, 5) is 4.54. The third kappa shape index (κ3) is 1.93. The predicted octanol–water partition coefficient (Wildman–Crippen LogP) is 1.66. The molecule has 0 atom stereocenters. The number of nitrogens with zero attached hydrogens (tertiary/aromatic N) is 3. The summed E-state index contributed by atoms with van der Waals surface area (Å²) in [5.74, 6) is 0.864. The topological polar surface area (TPSA) is 56.2 Å². The first-order chi connectivity index (χ1) is 7.53.